The first-order valence-corrected chi connectivity index (χ1v) is 6.82. The van der Waals surface area contributed by atoms with Gasteiger partial charge in [-0.05, 0) is 18.4 Å². The van der Waals surface area contributed by atoms with Crippen LogP contribution in [0.25, 0.3) is 0 Å². The van der Waals surface area contributed by atoms with Gasteiger partial charge in [0.05, 0.1) is 6.42 Å². The molecule has 7 heteroatoms. The summed E-state index contributed by atoms with van der Waals surface area (Å²) in [6.45, 7) is 0.0928. The molecule has 5 nitrogen and oxygen atoms in total. The summed E-state index contributed by atoms with van der Waals surface area (Å²) in [5.74, 6) is -1.36. The Balaban J connectivity index is 2.48. The number of hydrogen-bond donors (Lipinski definition) is 3. The number of carbonyl (C=O) groups excluding carboxylic acids is 1. The Labute approximate surface area is 114 Å². The van der Waals surface area contributed by atoms with E-state index in [9.17, 15) is 14.0 Å². The standard InChI is InChI=1S/C12H15FN2O3S/c1-19-10-4-2-3-9(13)8(10)7-15-12(18)14-6-5-11(16)17/h2-4H,5-7H2,1H3,(H,16,17)(H2,14,15,18). The third-order valence-corrected chi connectivity index (χ3v) is 3.17. The largest absolute Gasteiger partial charge is 0.481 e. The zero-order chi connectivity index (χ0) is 14.3. The number of hydrogen-bond acceptors (Lipinski definition) is 3. The second-order valence-electron chi connectivity index (χ2n) is 3.67. The van der Waals surface area contributed by atoms with Crippen molar-refractivity contribution in [3.05, 3.63) is 29.6 Å². The van der Waals surface area contributed by atoms with Crippen molar-refractivity contribution >= 4 is 23.8 Å². The minimum Gasteiger partial charge on any atom is -0.481 e. The summed E-state index contributed by atoms with van der Waals surface area (Å²) in [5, 5.41) is 13.3. The van der Waals surface area contributed by atoms with E-state index in [0.717, 1.165) is 4.90 Å². The van der Waals surface area contributed by atoms with Gasteiger partial charge in [-0.2, -0.15) is 0 Å². The van der Waals surface area contributed by atoms with Gasteiger partial charge in [-0.3, -0.25) is 4.79 Å². The highest BCUT2D eigenvalue weighted by atomic mass is 32.2. The van der Waals surface area contributed by atoms with Crippen LogP contribution in [0.5, 0.6) is 0 Å². The number of thioether (sulfide) groups is 1. The van der Waals surface area contributed by atoms with Crippen LogP contribution >= 0.6 is 11.8 Å². The van der Waals surface area contributed by atoms with E-state index in [-0.39, 0.29) is 25.3 Å². The van der Waals surface area contributed by atoms with Crippen molar-refractivity contribution in [2.24, 2.45) is 0 Å². The maximum Gasteiger partial charge on any atom is 0.315 e. The number of rotatable bonds is 6. The van der Waals surface area contributed by atoms with E-state index in [0.29, 0.717) is 5.56 Å². The van der Waals surface area contributed by atoms with E-state index >= 15 is 0 Å². The Kier molecular flexibility index (Phi) is 6.14. The highest BCUT2D eigenvalue weighted by Gasteiger charge is 2.09. The van der Waals surface area contributed by atoms with Gasteiger partial charge in [0.25, 0.3) is 0 Å². The molecule has 0 fully saturated rings. The molecule has 1 aromatic carbocycles. The fourth-order valence-corrected chi connectivity index (χ4v) is 2.05. The molecule has 0 spiro atoms. The lowest BCUT2D eigenvalue weighted by molar-refractivity contribution is -0.136. The monoisotopic (exact) mass is 286 g/mol. The summed E-state index contributed by atoms with van der Waals surface area (Å²) in [6.07, 6.45) is 1.67. The number of carboxylic acids is 1. The lowest BCUT2D eigenvalue weighted by Gasteiger charge is -2.10. The quantitative estimate of drug-likeness (QED) is 0.697. The summed E-state index contributed by atoms with van der Waals surface area (Å²) in [5.41, 5.74) is 0.420. The van der Waals surface area contributed by atoms with E-state index in [1.165, 1.54) is 17.8 Å². The van der Waals surface area contributed by atoms with E-state index in [1.807, 2.05) is 6.26 Å². The Morgan fingerprint density at radius 2 is 2.11 bits per heavy atom. The molecule has 0 saturated carbocycles. The molecule has 0 aliphatic rings. The van der Waals surface area contributed by atoms with Gasteiger partial charge in [0.15, 0.2) is 0 Å². The van der Waals surface area contributed by atoms with Crippen LogP contribution in [0.2, 0.25) is 0 Å². The maximum absolute atomic E-state index is 13.6. The molecule has 104 valence electrons. The third-order valence-electron chi connectivity index (χ3n) is 2.35. The van der Waals surface area contributed by atoms with Crippen LogP contribution in [0.15, 0.2) is 23.1 Å². The van der Waals surface area contributed by atoms with Gasteiger partial charge in [-0.25, -0.2) is 9.18 Å². The molecule has 2 amide bonds. The molecule has 3 N–H and O–H groups in total. The zero-order valence-corrected chi connectivity index (χ0v) is 11.2. The van der Waals surface area contributed by atoms with Crippen molar-refractivity contribution in [2.45, 2.75) is 17.9 Å². The number of urea groups is 1. The molecule has 0 heterocycles. The molecule has 0 aromatic heterocycles. The number of halogens is 1. The Morgan fingerprint density at radius 1 is 1.37 bits per heavy atom. The maximum atomic E-state index is 13.6. The van der Waals surface area contributed by atoms with Crippen molar-refractivity contribution in [2.75, 3.05) is 12.8 Å². The fraction of sp³-hybridized carbons (Fsp3) is 0.333. The lowest BCUT2D eigenvalue weighted by Crippen LogP contribution is -2.36. The van der Waals surface area contributed by atoms with Crippen molar-refractivity contribution < 1.29 is 19.1 Å². The SMILES string of the molecule is CSc1cccc(F)c1CNC(=O)NCCC(=O)O. The number of amides is 2. The molecule has 0 unspecified atom stereocenters. The first-order chi connectivity index (χ1) is 9.04. The molecule has 0 aliphatic carbocycles. The normalized spacial score (nSPS) is 10.0. The highest BCUT2D eigenvalue weighted by molar-refractivity contribution is 7.98. The average Bonchev–Trinajstić information content (AvgIpc) is 2.36. The Hall–Kier alpha value is -1.76. The van der Waals surface area contributed by atoms with Crippen LogP contribution in [-0.2, 0) is 11.3 Å². The number of carbonyl (C=O) groups is 2. The third kappa shape index (κ3) is 5.17. The van der Waals surface area contributed by atoms with Crippen molar-refractivity contribution in [1.29, 1.82) is 0 Å². The molecule has 1 aromatic rings. The first kappa shape index (κ1) is 15.3. The molecule has 0 radical (unpaired) electrons. The summed E-state index contributed by atoms with van der Waals surface area (Å²) in [4.78, 5) is 22.4. The minimum atomic E-state index is -0.987. The second-order valence-corrected chi connectivity index (χ2v) is 4.52. The number of nitrogens with one attached hydrogen (secondary N) is 2. The number of carboxylic acid groups (broad SMARTS) is 1. The van der Waals surface area contributed by atoms with Crippen molar-refractivity contribution in [1.82, 2.24) is 10.6 Å². The minimum absolute atomic E-state index is 0.0355. The number of aliphatic carboxylic acids is 1. The Bertz CT molecular complexity index is 468. The molecular weight excluding hydrogens is 271 g/mol. The van der Waals surface area contributed by atoms with Gasteiger partial charge in [-0.1, -0.05) is 6.07 Å². The van der Waals surface area contributed by atoms with Crippen LogP contribution < -0.4 is 10.6 Å². The Morgan fingerprint density at radius 3 is 2.74 bits per heavy atom. The zero-order valence-electron chi connectivity index (χ0n) is 10.4. The van der Waals surface area contributed by atoms with E-state index in [2.05, 4.69) is 10.6 Å². The molecule has 19 heavy (non-hydrogen) atoms. The van der Waals surface area contributed by atoms with Crippen LogP contribution in [-0.4, -0.2) is 29.9 Å². The molecule has 0 saturated heterocycles. The summed E-state index contributed by atoms with van der Waals surface area (Å²) >= 11 is 1.39. The van der Waals surface area contributed by atoms with Crippen LogP contribution in [0.3, 0.4) is 0 Å². The molecule has 0 bridgehead atoms. The van der Waals surface area contributed by atoms with Crippen LogP contribution in [0.4, 0.5) is 9.18 Å². The van der Waals surface area contributed by atoms with Crippen molar-refractivity contribution in [3.8, 4) is 0 Å². The fourth-order valence-electron chi connectivity index (χ4n) is 1.42. The van der Waals surface area contributed by atoms with Crippen LogP contribution in [0.1, 0.15) is 12.0 Å². The molecule has 1 rings (SSSR count). The van der Waals surface area contributed by atoms with E-state index in [1.54, 1.807) is 12.1 Å². The first-order valence-electron chi connectivity index (χ1n) is 5.59. The number of benzene rings is 1. The van der Waals surface area contributed by atoms with E-state index in [4.69, 9.17) is 5.11 Å². The van der Waals surface area contributed by atoms with Gasteiger partial charge < -0.3 is 15.7 Å². The molecular formula is C12H15FN2O3S. The summed E-state index contributed by atoms with van der Waals surface area (Å²) < 4.78 is 13.6. The van der Waals surface area contributed by atoms with Gasteiger partial charge >= 0.3 is 12.0 Å². The highest BCUT2D eigenvalue weighted by Crippen LogP contribution is 2.22. The predicted molar refractivity (Wildman–Crippen MR) is 70.7 cm³/mol. The van der Waals surface area contributed by atoms with Crippen molar-refractivity contribution in [3.63, 3.8) is 0 Å². The molecule has 0 atom stereocenters. The smallest absolute Gasteiger partial charge is 0.315 e. The summed E-state index contributed by atoms with van der Waals surface area (Å²) in [7, 11) is 0. The predicted octanol–water partition coefficient (Wildman–Crippen LogP) is 1.82. The average molecular weight is 286 g/mol. The van der Waals surface area contributed by atoms with Gasteiger partial charge in [0.1, 0.15) is 5.82 Å². The second kappa shape index (κ2) is 7.63. The van der Waals surface area contributed by atoms with Gasteiger partial charge in [-0.15, -0.1) is 11.8 Å². The van der Waals surface area contributed by atoms with E-state index < -0.39 is 12.0 Å². The van der Waals surface area contributed by atoms with Gasteiger partial charge in [0.2, 0.25) is 0 Å². The van der Waals surface area contributed by atoms with Gasteiger partial charge in [0, 0.05) is 23.5 Å². The van der Waals surface area contributed by atoms with Crippen LogP contribution in [0, 0.1) is 5.82 Å². The molecule has 0 aliphatic heterocycles. The topological polar surface area (TPSA) is 78.4 Å². The summed E-state index contributed by atoms with van der Waals surface area (Å²) in [6, 6.07) is 4.19. The lowest BCUT2D eigenvalue weighted by atomic mass is 10.2.